The fraction of sp³-hybridized carbons (Fsp3) is 0.444. The molecule has 0 aromatic carbocycles. The van der Waals surface area contributed by atoms with Gasteiger partial charge in [0.15, 0.2) is 5.69 Å². The third-order valence-corrected chi connectivity index (χ3v) is 2.04. The van der Waals surface area contributed by atoms with Crippen molar-refractivity contribution in [1.82, 2.24) is 9.97 Å². The first kappa shape index (κ1) is 12.4. The van der Waals surface area contributed by atoms with Gasteiger partial charge in [0.1, 0.15) is 0 Å². The highest BCUT2D eigenvalue weighted by Gasteiger charge is 2.36. The van der Waals surface area contributed by atoms with Gasteiger partial charge >= 0.3 is 12.1 Å². The molecule has 0 radical (unpaired) electrons. The lowest BCUT2D eigenvalue weighted by Gasteiger charge is -2.10. The standard InChI is InChI=1S/C9H9F3N2O2/c1-3-5-4(2)6(7(15)16)14-8(13-5)9(10,11)12/h3H2,1-2H3,(H,15,16). The summed E-state index contributed by atoms with van der Waals surface area (Å²) < 4.78 is 37.1. The molecule has 7 heteroatoms. The summed E-state index contributed by atoms with van der Waals surface area (Å²) in [4.78, 5) is 17.0. The quantitative estimate of drug-likeness (QED) is 0.850. The highest BCUT2D eigenvalue weighted by Crippen LogP contribution is 2.27. The zero-order valence-electron chi connectivity index (χ0n) is 8.59. The maximum atomic E-state index is 12.4. The van der Waals surface area contributed by atoms with Crippen LogP contribution in [0.25, 0.3) is 0 Å². The molecule has 1 aromatic heterocycles. The van der Waals surface area contributed by atoms with Gasteiger partial charge in [0.25, 0.3) is 0 Å². The Morgan fingerprint density at radius 3 is 2.31 bits per heavy atom. The van der Waals surface area contributed by atoms with Crippen molar-refractivity contribution >= 4 is 5.97 Å². The van der Waals surface area contributed by atoms with Gasteiger partial charge in [-0.3, -0.25) is 0 Å². The lowest BCUT2D eigenvalue weighted by atomic mass is 10.1. The molecule has 88 valence electrons. The highest BCUT2D eigenvalue weighted by atomic mass is 19.4. The van der Waals surface area contributed by atoms with Crippen LogP contribution >= 0.6 is 0 Å². The molecule has 0 atom stereocenters. The Morgan fingerprint density at radius 1 is 1.38 bits per heavy atom. The molecule has 16 heavy (non-hydrogen) atoms. The maximum absolute atomic E-state index is 12.4. The summed E-state index contributed by atoms with van der Waals surface area (Å²) in [6.45, 7) is 2.99. The van der Waals surface area contributed by atoms with Crippen molar-refractivity contribution in [3.8, 4) is 0 Å². The number of hydrogen-bond acceptors (Lipinski definition) is 3. The van der Waals surface area contributed by atoms with Crippen molar-refractivity contribution in [3.63, 3.8) is 0 Å². The first-order valence-corrected chi connectivity index (χ1v) is 4.45. The molecule has 0 aliphatic rings. The molecule has 0 bridgehead atoms. The molecule has 4 nitrogen and oxygen atoms in total. The molecule has 1 N–H and O–H groups in total. The van der Waals surface area contributed by atoms with E-state index in [1.807, 2.05) is 0 Å². The average molecular weight is 234 g/mol. The molecule has 1 heterocycles. The Kier molecular flexibility index (Phi) is 3.16. The van der Waals surface area contributed by atoms with Gasteiger partial charge in [0.05, 0.1) is 0 Å². The van der Waals surface area contributed by atoms with Gasteiger partial charge in [-0.25, -0.2) is 14.8 Å². The summed E-state index contributed by atoms with van der Waals surface area (Å²) in [6.07, 6.45) is -4.51. The molecule has 0 spiro atoms. The van der Waals surface area contributed by atoms with E-state index in [4.69, 9.17) is 5.11 Å². The number of aromatic nitrogens is 2. The van der Waals surface area contributed by atoms with E-state index in [2.05, 4.69) is 9.97 Å². The van der Waals surface area contributed by atoms with Gasteiger partial charge < -0.3 is 5.11 Å². The smallest absolute Gasteiger partial charge is 0.451 e. The molecule has 1 aromatic rings. The van der Waals surface area contributed by atoms with Crippen LogP contribution in [0.1, 0.15) is 34.5 Å². The number of aryl methyl sites for hydroxylation is 1. The Bertz CT molecular complexity index is 429. The predicted molar refractivity (Wildman–Crippen MR) is 48.1 cm³/mol. The maximum Gasteiger partial charge on any atom is 0.451 e. The van der Waals surface area contributed by atoms with Gasteiger partial charge in [0, 0.05) is 11.3 Å². The first-order valence-electron chi connectivity index (χ1n) is 4.45. The summed E-state index contributed by atoms with van der Waals surface area (Å²) in [5.41, 5.74) is -0.332. The Labute approximate surface area is 89.1 Å². The second-order valence-electron chi connectivity index (χ2n) is 3.12. The molecule has 0 saturated carbocycles. The van der Waals surface area contributed by atoms with Crippen molar-refractivity contribution in [2.45, 2.75) is 26.4 Å². The Hall–Kier alpha value is -1.66. The van der Waals surface area contributed by atoms with E-state index in [1.165, 1.54) is 6.92 Å². The van der Waals surface area contributed by atoms with Crippen LogP contribution in [0, 0.1) is 6.92 Å². The number of carbonyl (C=O) groups is 1. The molecular weight excluding hydrogens is 225 g/mol. The fourth-order valence-electron chi connectivity index (χ4n) is 1.24. The number of rotatable bonds is 2. The Balaban J connectivity index is 3.46. The van der Waals surface area contributed by atoms with E-state index in [-0.39, 0.29) is 17.7 Å². The van der Waals surface area contributed by atoms with Crippen molar-refractivity contribution in [1.29, 1.82) is 0 Å². The molecule has 0 fully saturated rings. The van der Waals surface area contributed by atoms with Crippen LogP contribution in [0.15, 0.2) is 0 Å². The molecule has 0 aliphatic carbocycles. The zero-order valence-corrected chi connectivity index (χ0v) is 8.59. The lowest BCUT2D eigenvalue weighted by Crippen LogP contribution is -2.18. The van der Waals surface area contributed by atoms with Crippen LogP contribution in [0.5, 0.6) is 0 Å². The number of carboxylic acids is 1. The van der Waals surface area contributed by atoms with E-state index in [1.54, 1.807) is 6.92 Å². The van der Waals surface area contributed by atoms with Gasteiger partial charge in [-0.2, -0.15) is 13.2 Å². The van der Waals surface area contributed by atoms with Crippen molar-refractivity contribution < 1.29 is 23.1 Å². The van der Waals surface area contributed by atoms with E-state index in [9.17, 15) is 18.0 Å². The minimum absolute atomic E-state index is 0.0970. The van der Waals surface area contributed by atoms with Crippen molar-refractivity contribution in [2.75, 3.05) is 0 Å². The van der Waals surface area contributed by atoms with Gasteiger partial charge in [-0.1, -0.05) is 6.92 Å². The van der Waals surface area contributed by atoms with Crippen LogP contribution in [0.3, 0.4) is 0 Å². The summed E-state index contributed by atoms with van der Waals surface area (Å²) in [5.74, 6) is -2.90. The summed E-state index contributed by atoms with van der Waals surface area (Å²) in [7, 11) is 0. The fourth-order valence-corrected chi connectivity index (χ4v) is 1.24. The summed E-state index contributed by atoms with van der Waals surface area (Å²) >= 11 is 0. The number of carboxylic acid groups (broad SMARTS) is 1. The van der Waals surface area contributed by atoms with Crippen LogP contribution in [-0.4, -0.2) is 21.0 Å². The first-order chi connectivity index (χ1) is 7.27. The normalized spacial score (nSPS) is 11.6. The largest absolute Gasteiger partial charge is 0.477 e. The second-order valence-corrected chi connectivity index (χ2v) is 3.12. The summed E-state index contributed by atoms with van der Waals surface area (Å²) in [6, 6.07) is 0. The Morgan fingerprint density at radius 2 is 1.94 bits per heavy atom. The van der Waals surface area contributed by atoms with Crippen molar-refractivity contribution in [2.24, 2.45) is 0 Å². The molecule has 0 saturated heterocycles. The van der Waals surface area contributed by atoms with Gasteiger partial charge in [-0.15, -0.1) is 0 Å². The van der Waals surface area contributed by atoms with Crippen LogP contribution in [0.4, 0.5) is 13.2 Å². The lowest BCUT2D eigenvalue weighted by molar-refractivity contribution is -0.145. The highest BCUT2D eigenvalue weighted by molar-refractivity contribution is 5.87. The number of aromatic carboxylic acids is 1. The number of hydrogen-bond donors (Lipinski definition) is 1. The summed E-state index contributed by atoms with van der Waals surface area (Å²) in [5, 5.41) is 8.72. The van der Waals surface area contributed by atoms with Gasteiger partial charge in [0.2, 0.25) is 5.82 Å². The molecular formula is C9H9F3N2O2. The van der Waals surface area contributed by atoms with Crippen LogP contribution in [-0.2, 0) is 12.6 Å². The number of nitrogens with zero attached hydrogens (tertiary/aromatic N) is 2. The molecule has 0 amide bonds. The van der Waals surface area contributed by atoms with Crippen LogP contribution < -0.4 is 0 Å². The predicted octanol–water partition coefficient (Wildman–Crippen LogP) is 2.06. The minimum atomic E-state index is -4.73. The van der Waals surface area contributed by atoms with E-state index in [0.717, 1.165) is 0 Å². The third kappa shape index (κ3) is 2.29. The number of alkyl halides is 3. The molecule has 0 aliphatic heterocycles. The SMILES string of the molecule is CCc1nc(C(F)(F)F)nc(C(=O)O)c1C. The van der Waals surface area contributed by atoms with Crippen molar-refractivity contribution in [3.05, 3.63) is 22.8 Å². The van der Waals surface area contributed by atoms with Gasteiger partial charge in [-0.05, 0) is 13.3 Å². The molecule has 1 rings (SSSR count). The van der Waals surface area contributed by atoms with E-state index in [0.29, 0.717) is 0 Å². The zero-order chi connectivity index (χ0) is 12.5. The number of halogens is 3. The topological polar surface area (TPSA) is 63.1 Å². The van der Waals surface area contributed by atoms with E-state index < -0.39 is 23.7 Å². The molecule has 0 unspecified atom stereocenters. The van der Waals surface area contributed by atoms with E-state index >= 15 is 0 Å². The monoisotopic (exact) mass is 234 g/mol. The minimum Gasteiger partial charge on any atom is -0.477 e. The average Bonchev–Trinajstić information content (AvgIpc) is 2.15. The van der Waals surface area contributed by atoms with Crippen LogP contribution in [0.2, 0.25) is 0 Å². The second kappa shape index (κ2) is 4.07. The third-order valence-electron chi connectivity index (χ3n) is 2.04.